The highest BCUT2D eigenvalue weighted by Gasteiger charge is 2.11. The number of carbonyl (C=O) groups excluding carboxylic acids is 1. The van der Waals surface area contributed by atoms with Crippen LogP contribution in [0.2, 0.25) is 0 Å². The van der Waals surface area contributed by atoms with Crippen LogP contribution in [-0.4, -0.2) is 32.7 Å². The van der Waals surface area contributed by atoms with Gasteiger partial charge in [0.25, 0.3) is 0 Å². The Morgan fingerprint density at radius 1 is 1.09 bits per heavy atom. The van der Waals surface area contributed by atoms with E-state index >= 15 is 0 Å². The molecule has 0 radical (unpaired) electrons. The van der Waals surface area contributed by atoms with Crippen LogP contribution in [0, 0.1) is 0 Å². The van der Waals surface area contributed by atoms with Crippen LogP contribution in [0.25, 0.3) is 23.0 Å². The van der Waals surface area contributed by atoms with Crippen molar-refractivity contribution in [2.75, 3.05) is 7.11 Å². The van der Waals surface area contributed by atoms with Gasteiger partial charge in [-0.2, -0.15) is 0 Å². The number of allylic oxidation sites excluding steroid dienone is 1. The van der Waals surface area contributed by atoms with Gasteiger partial charge in [0.05, 0.1) is 25.1 Å². The quantitative estimate of drug-likeness (QED) is 0.297. The lowest BCUT2D eigenvalue weighted by molar-refractivity contribution is 0.104. The number of ether oxygens (including phenoxy) is 1. The van der Waals surface area contributed by atoms with Gasteiger partial charge in [-0.1, -0.05) is 48.5 Å². The molecule has 0 saturated heterocycles. The fraction of sp³-hybridized carbons (Fsp3) is 0.0769. The molecule has 1 aromatic heterocycles. The molecule has 7 nitrogen and oxygen atoms in total. The maximum Gasteiger partial charge on any atom is 0.330 e. The van der Waals surface area contributed by atoms with E-state index in [4.69, 9.17) is 4.74 Å². The monoisotopic (exact) mass is 442 g/mol. The fourth-order valence-electron chi connectivity index (χ4n) is 3.49. The SMILES string of the molecule is COc1cc(/C=C/C(=O)c2cccc(-n3cc(-c4ccccc4)[nH]c3=O)c2)cc(CO)c1O. The topological polar surface area (TPSA) is 105 Å². The predicted molar refractivity (Wildman–Crippen MR) is 126 cm³/mol. The Balaban J connectivity index is 1.61. The first-order valence-corrected chi connectivity index (χ1v) is 10.2. The molecule has 0 saturated carbocycles. The smallest absolute Gasteiger partial charge is 0.330 e. The number of aliphatic hydroxyl groups is 1. The molecule has 3 aromatic carbocycles. The molecule has 0 spiro atoms. The summed E-state index contributed by atoms with van der Waals surface area (Å²) in [6.45, 7) is -0.365. The van der Waals surface area contributed by atoms with E-state index in [-0.39, 0.29) is 29.6 Å². The van der Waals surface area contributed by atoms with E-state index in [0.29, 0.717) is 28.1 Å². The number of H-pyrrole nitrogens is 1. The van der Waals surface area contributed by atoms with Crippen molar-refractivity contribution in [3.05, 3.63) is 106 Å². The molecule has 0 aliphatic carbocycles. The third-order valence-electron chi connectivity index (χ3n) is 5.21. The summed E-state index contributed by atoms with van der Waals surface area (Å²) in [6.07, 6.45) is 4.67. The molecule has 0 atom stereocenters. The Morgan fingerprint density at radius 3 is 2.61 bits per heavy atom. The molecular weight excluding hydrogens is 420 g/mol. The molecule has 166 valence electrons. The van der Waals surface area contributed by atoms with Gasteiger partial charge in [-0.05, 0) is 41.5 Å². The lowest BCUT2D eigenvalue weighted by Crippen LogP contribution is -2.14. The van der Waals surface area contributed by atoms with Gasteiger partial charge in [-0.25, -0.2) is 4.79 Å². The molecule has 1 heterocycles. The summed E-state index contributed by atoms with van der Waals surface area (Å²) in [4.78, 5) is 28.1. The van der Waals surface area contributed by atoms with Crippen LogP contribution >= 0.6 is 0 Å². The van der Waals surface area contributed by atoms with Crippen LogP contribution < -0.4 is 10.4 Å². The third-order valence-corrected chi connectivity index (χ3v) is 5.21. The van der Waals surface area contributed by atoms with Crippen LogP contribution in [0.4, 0.5) is 0 Å². The van der Waals surface area contributed by atoms with Gasteiger partial charge >= 0.3 is 5.69 Å². The Morgan fingerprint density at radius 2 is 1.88 bits per heavy atom. The molecule has 0 aliphatic rings. The fourth-order valence-corrected chi connectivity index (χ4v) is 3.49. The van der Waals surface area contributed by atoms with Gasteiger partial charge in [0.1, 0.15) is 0 Å². The lowest BCUT2D eigenvalue weighted by Gasteiger charge is -2.08. The number of phenols is 1. The molecule has 3 N–H and O–H groups in total. The van der Waals surface area contributed by atoms with Crippen LogP contribution in [0.1, 0.15) is 21.5 Å². The summed E-state index contributed by atoms with van der Waals surface area (Å²) in [5.74, 6) is -0.194. The molecule has 0 aliphatic heterocycles. The second kappa shape index (κ2) is 9.42. The summed E-state index contributed by atoms with van der Waals surface area (Å²) < 4.78 is 6.57. The highest BCUT2D eigenvalue weighted by Crippen LogP contribution is 2.32. The van der Waals surface area contributed by atoms with E-state index in [9.17, 15) is 19.8 Å². The molecule has 7 heteroatoms. The normalized spacial score (nSPS) is 11.1. The number of aromatic hydroxyl groups is 1. The number of nitrogens with zero attached hydrogens (tertiary/aromatic N) is 1. The van der Waals surface area contributed by atoms with Crippen LogP contribution in [0.15, 0.2) is 83.8 Å². The average molecular weight is 442 g/mol. The van der Waals surface area contributed by atoms with Crippen LogP contribution in [-0.2, 0) is 6.61 Å². The van der Waals surface area contributed by atoms with E-state index < -0.39 is 0 Å². The zero-order valence-corrected chi connectivity index (χ0v) is 17.9. The largest absolute Gasteiger partial charge is 0.504 e. The van der Waals surface area contributed by atoms with E-state index in [1.165, 1.54) is 17.8 Å². The number of hydrogen-bond acceptors (Lipinski definition) is 5. The van der Waals surface area contributed by atoms with E-state index in [0.717, 1.165) is 5.56 Å². The summed E-state index contributed by atoms with van der Waals surface area (Å²) in [5.41, 5.74) is 3.12. The standard InChI is InChI=1S/C26H22N2O5/c1-33-24-13-17(12-20(16-29)25(24)31)10-11-23(30)19-8-5-9-21(14-19)28-15-22(27-26(28)32)18-6-3-2-4-7-18/h2-15,29,31H,16H2,1H3,(H,27,32)/b11-10+. The molecule has 0 amide bonds. The zero-order chi connectivity index (χ0) is 23.4. The van der Waals surface area contributed by atoms with Crippen molar-refractivity contribution in [1.82, 2.24) is 9.55 Å². The highest BCUT2D eigenvalue weighted by atomic mass is 16.5. The summed E-state index contributed by atoms with van der Waals surface area (Å²) in [7, 11) is 1.41. The van der Waals surface area contributed by atoms with Crippen molar-refractivity contribution in [2.45, 2.75) is 6.61 Å². The van der Waals surface area contributed by atoms with Crippen molar-refractivity contribution < 1.29 is 19.7 Å². The Bertz CT molecular complexity index is 1360. The minimum atomic E-state index is -0.365. The molecule has 0 fully saturated rings. The van der Waals surface area contributed by atoms with Crippen molar-refractivity contribution >= 4 is 11.9 Å². The van der Waals surface area contributed by atoms with Gasteiger partial charge in [0.15, 0.2) is 17.3 Å². The van der Waals surface area contributed by atoms with Crippen LogP contribution in [0.3, 0.4) is 0 Å². The molecule has 0 unspecified atom stereocenters. The van der Waals surface area contributed by atoms with Crippen molar-refractivity contribution in [1.29, 1.82) is 0 Å². The number of ketones is 1. The third kappa shape index (κ3) is 4.63. The number of nitrogens with one attached hydrogen (secondary N) is 1. The first-order chi connectivity index (χ1) is 16.0. The number of carbonyl (C=O) groups is 1. The molecule has 0 bridgehead atoms. The summed E-state index contributed by atoms with van der Waals surface area (Å²) in [5, 5.41) is 19.4. The number of aliphatic hydroxyl groups excluding tert-OH is 1. The number of rotatable bonds is 7. The number of benzene rings is 3. The van der Waals surface area contributed by atoms with Gasteiger partial charge in [-0.3, -0.25) is 9.36 Å². The van der Waals surface area contributed by atoms with Gasteiger partial charge < -0.3 is 19.9 Å². The average Bonchev–Trinajstić information content (AvgIpc) is 3.25. The summed E-state index contributed by atoms with van der Waals surface area (Å²) >= 11 is 0. The zero-order valence-electron chi connectivity index (χ0n) is 17.9. The highest BCUT2D eigenvalue weighted by molar-refractivity contribution is 6.07. The Kier molecular flexibility index (Phi) is 6.24. The van der Waals surface area contributed by atoms with E-state index in [1.54, 1.807) is 48.7 Å². The van der Waals surface area contributed by atoms with Gasteiger partial charge in [0, 0.05) is 17.3 Å². The molecule has 33 heavy (non-hydrogen) atoms. The molecular formula is C26H22N2O5. The van der Waals surface area contributed by atoms with Crippen LogP contribution in [0.5, 0.6) is 11.5 Å². The number of aromatic nitrogens is 2. The second-order valence-electron chi connectivity index (χ2n) is 7.35. The number of imidazole rings is 1. The minimum Gasteiger partial charge on any atom is -0.504 e. The Labute approximate surface area is 189 Å². The lowest BCUT2D eigenvalue weighted by atomic mass is 10.1. The van der Waals surface area contributed by atoms with Crippen molar-refractivity contribution in [3.8, 4) is 28.4 Å². The number of methoxy groups -OCH3 is 1. The first-order valence-electron chi connectivity index (χ1n) is 10.2. The molecule has 4 aromatic rings. The summed E-state index contributed by atoms with van der Waals surface area (Å²) in [6, 6.07) is 19.4. The maximum atomic E-state index is 12.8. The van der Waals surface area contributed by atoms with Crippen molar-refractivity contribution in [3.63, 3.8) is 0 Å². The number of hydrogen-bond donors (Lipinski definition) is 3. The maximum absolute atomic E-state index is 12.8. The van der Waals surface area contributed by atoms with E-state index in [2.05, 4.69) is 4.98 Å². The second-order valence-corrected chi connectivity index (χ2v) is 7.35. The van der Waals surface area contributed by atoms with Gasteiger partial charge in [-0.15, -0.1) is 0 Å². The van der Waals surface area contributed by atoms with Gasteiger partial charge in [0.2, 0.25) is 0 Å². The van der Waals surface area contributed by atoms with Crippen molar-refractivity contribution in [2.24, 2.45) is 0 Å². The first kappa shape index (κ1) is 21.9. The van der Waals surface area contributed by atoms with E-state index in [1.807, 2.05) is 30.3 Å². The Hall–Kier alpha value is -4.36. The molecule has 4 rings (SSSR count). The predicted octanol–water partition coefficient (Wildman–Crippen LogP) is 3.94. The minimum absolute atomic E-state index is 0.136. The number of aromatic amines is 1.